The van der Waals surface area contributed by atoms with E-state index in [-0.39, 0.29) is 16.4 Å². The normalized spacial score (nSPS) is 11.8. The van der Waals surface area contributed by atoms with Gasteiger partial charge in [0, 0.05) is 29.8 Å². The Labute approximate surface area is 152 Å². The van der Waals surface area contributed by atoms with Gasteiger partial charge >= 0.3 is 0 Å². The second-order valence-corrected chi connectivity index (χ2v) is 6.56. The molecule has 1 aromatic heterocycles. The summed E-state index contributed by atoms with van der Waals surface area (Å²) < 4.78 is 23.4. The molecular weight excluding hydrogens is 352 g/mol. The summed E-state index contributed by atoms with van der Waals surface area (Å²) in [7, 11) is 0. The Bertz CT molecular complexity index is 1040. The average Bonchev–Trinajstić information content (AvgIpc) is 2.62. The van der Waals surface area contributed by atoms with Crippen molar-refractivity contribution in [1.82, 2.24) is 4.57 Å². The fourth-order valence-corrected chi connectivity index (χ4v) is 2.91. The second-order valence-electron chi connectivity index (χ2n) is 5.62. The largest absolute Gasteiger partial charge is 0.768 e. The molecule has 3 aromatic rings. The van der Waals surface area contributed by atoms with Crippen molar-refractivity contribution < 1.29 is 13.6 Å². The molecule has 7 heteroatoms. The van der Waals surface area contributed by atoms with Gasteiger partial charge in [-0.2, -0.15) is 0 Å². The SMILES string of the molecule is CC(=O)Nc1cccc(-n2cc(-c3ccc(S(=O)[O-])cc3)ccc2=O)c1. The number of carbonyl (C=O) groups excluding carboxylic acids is 1. The summed E-state index contributed by atoms with van der Waals surface area (Å²) in [6.07, 6.45) is 1.68. The monoisotopic (exact) mass is 367 g/mol. The molecule has 0 saturated carbocycles. The van der Waals surface area contributed by atoms with E-state index in [1.807, 2.05) is 0 Å². The fraction of sp³-hybridized carbons (Fsp3) is 0.0526. The van der Waals surface area contributed by atoms with Crippen LogP contribution in [-0.4, -0.2) is 19.2 Å². The van der Waals surface area contributed by atoms with E-state index in [1.165, 1.54) is 29.7 Å². The number of benzene rings is 2. The van der Waals surface area contributed by atoms with Gasteiger partial charge in [-0.25, -0.2) is 0 Å². The van der Waals surface area contributed by atoms with Crippen molar-refractivity contribution in [2.75, 3.05) is 5.32 Å². The minimum absolute atomic E-state index is 0.195. The molecule has 1 N–H and O–H groups in total. The first kappa shape index (κ1) is 17.8. The summed E-state index contributed by atoms with van der Waals surface area (Å²) in [5.41, 5.74) is 2.53. The summed E-state index contributed by atoms with van der Waals surface area (Å²) >= 11 is -2.28. The minimum Gasteiger partial charge on any atom is -0.768 e. The first-order valence-corrected chi connectivity index (χ1v) is 8.82. The molecule has 0 radical (unpaired) electrons. The van der Waals surface area contributed by atoms with Crippen LogP contribution in [0, 0.1) is 0 Å². The van der Waals surface area contributed by atoms with Gasteiger partial charge in [-0.3, -0.25) is 18.4 Å². The van der Waals surface area contributed by atoms with Crippen molar-refractivity contribution in [3.05, 3.63) is 77.2 Å². The molecule has 26 heavy (non-hydrogen) atoms. The molecule has 1 atom stereocenters. The number of carbonyl (C=O) groups is 1. The number of nitrogens with zero attached hydrogens (tertiary/aromatic N) is 1. The maximum atomic E-state index is 12.3. The zero-order valence-corrected chi connectivity index (χ0v) is 14.7. The zero-order chi connectivity index (χ0) is 18.7. The van der Waals surface area contributed by atoms with Gasteiger partial charge in [0.25, 0.3) is 5.56 Å². The molecule has 1 amide bonds. The predicted molar refractivity (Wildman–Crippen MR) is 99.0 cm³/mol. The van der Waals surface area contributed by atoms with E-state index < -0.39 is 11.1 Å². The summed E-state index contributed by atoms with van der Waals surface area (Å²) in [6.45, 7) is 1.41. The molecule has 0 fully saturated rings. The third-order valence-corrected chi connectivity index (χ3v) is 4.39. The van der Waals surface area contributed by atoms with Crippen molar-refractivity contribution in [3.8, 4) is 16.8 Å². The van der Waals surface area contributed by atoms with Crippen LogP contribution in [0.5, 0.6) is 0 Å². The minimum atomic E-state index is -2.28. The smallest absolute Gasteiger partial charge is 0.255 e. The van der Waals surface area contributed by atoms with E-state index in [0.717, 1.165) is 11.1 Å². The van der Waals surface area contributed by atoms with Crippen LogP contribution >= 0.6 is 0 Å². The molecule has 0 bridgehead atoms. The standard InChI is InChI=1S/C19H16N2O4S/c1-13(22)20-16-3-2-4-17(11-16)21-12-15(7-10-19(21)23)14-5-8-18(9-6-14)26(24)25/h2-12H,1H3,(H,20,22)(H,24,25)/p-1. The van der Waals surface area contributed by atoms with Crippen molar-refractivity contribution in [2.45, 2.75) is 11.8 Å². The summed E-state index contributed by atoms with van der Waals surface area (Å²) in [6, 6.07) is 16.5. The first-order valence-electron chi connectivity index (χ1n) is 7.74. The van der Waals surface area contributed by atoms with Gasteiger partial charge in [0.1, 0.15) is 0 Å². The van der Waals surface area contributed by atoms with Crippen molar-refractivity contribution in [2.24, 2.45) is 0 Å². The molecule has 0 aliphatic rings. The van der Waals surface area contributed by atoms with Gasteiger partial charge in [0.2, 0.25) is 5.91 Å². The van der Waals surface area contributed by atoms with Crippen LogP contribution in [-0.2, 0) is 15.9 Å². The van der Waals surface area contributed by atoms with Crippen LogP contribution in [0.1, 0.15) is 6.92 Å². The van der Waals surface area contributed by atoms with E-state index in [9.17, 15) is 18.4 Å². The molecule has 1 unspecified atom stereocenters. The van der Waals surface area contributed by atoms with Gasteiger partial charge in [0.05, 0.1) is 5.69 Å². The topological polar surface area (TPSA) is 91.2 Å². The number of nitrogens with one attached hydrogen (secondary N) is 1. The molecule has 1 heterocycles. The molecule has 6 nitrogen and oxygen atoms in total. The Hall–Kier alpha value is -3.03. The summed E-state index contributed by atoms with van der Waals surface area (Å²) in [5, 5.41) is 2.68. The molecule has 132 valence electrons. The van der Waals surface area contributed by atoms with E-state index in [0.29, 0.717) is 11.4 Å². The van der Waals surface area contributed by atoms with Crippen LogP contribution < -0.4 is 10.9 Å². The lowest BCUT2D eigenvalue weighted by Gasteiger charge is -2.11. The van der Waals surface area contributed by atoms with Crippen LogP contribution in [0.3, 0.4) is 0 Å². The van der Waals surface area contributed by atoms with E-state index in [1.54, 1.807) is 48.7 Å². The quantitative estimate of drug-likeness (QED) is 0.718. The summed E-state index contributed by atoms with van der Waals surface area (Å²) in [5.74, 6) is -0.195. The Morgan fingerprint density at radius 3 is 2.38 bits per heavy atom. The lowest BCUT2D eigenvalue weighted by atomic mass is 10.1. The number of amides is 1. The second kappa shape index (κ2) is 7.47. The predicted octanol–water partition coefficient (Wildman–Crippen LogP) is 2.70. The Kier molecular flexibility index (Phi) is 5.11. The number of rotatable bonds is 4. The maximum Gasteiger partial charge on any atom is 0.255 e. The van der Waals surface area contributed by atoms with Gasteiger partial charge in [-0.15, -0.1) is 0 Å². The Morgan fingerprint density at radius 1 is 1.04 bits per heavy atom. The molecule has 2 aromatic carbocycles. The van der Waals surface area contributed by atoms with E-state index in [2.05, 4.69) is 5.32 Å². The fourth-order valence-electron chi connectivity index (χ4n) is 2.55. The first-order chi connectivity index (χ1) is 12.4. The highest BCUT2D eigenvalue weighted by molar-refractivity contribution is 7.79. The Balaban J connectivity index is 2.02. The lowest BCUT2D eigenvalue weighted by Crippen LogP contribution is -2.16. The highest BCUT2D eigenvalue weighted by Gasteiger charge is 2.05. The zero-order valence-electron chi connectivity index (χ0n) is 13.8. The third kappa shape index (κ3) is 3.96. The van der Waals surface area contributed by atoms with Crippen molar-refractivity contribution >= 4 is 22.7 Å². The van der Waals surface area contributed by atoms with Gasteiger partial charge in [-0.05, 0) is 58.6 Å². The highest BCUT2D eigenvalue weighted by Crippen LogP contribution is 2.21. The Morgan fingerprint density at radius 2 is 1.73 bits per heavy atom. The van der Waals surface area contributed by atoms with Gasteiger partial charge in [0.15, 0.2) is 0 Å². The maximum absolute atomic E-state index is 12.3. The molecular formula is C19H15N2O4S-. The summed E-state index contributed by atoms with van der Waals surface area (Å²) in [4.78, 5) is 23.7. The molecule has 0 spiro atoms. The van der Waals surface area contributed by atoms with Crippen molar-refractivity contribution in [1.29, 1.82) is 0 Å². The lowest BCUT2D eigenvalue weighted by molar-refractivity contribution is -0.114. The highest BCUT2D eigenvalue weighted by atomic mass is 32.2. The number of hydrogen-bond donors (Lipinski definition) is 1. The van der Waals surface area contributed by atoms with Gasteiger partial charge in [-0.1, -0.05) is 18.2 Å². The van der Waals surface area contributed by atoms with E-state index in [4.69, 9.17) is 0 Å². The average molecular weight is 367 g/mol. The van der Waals surface area contributed by atoms with Crippen LogP contribution in [0.4, 0.5) is 5.69 Å². The molecule has 0 aliphatic heterocycles. The van der Waals surface area contributed by atoms with E-state index >= 15 is 0 Å². The number of aromatic nitrogens is 1. The third-order valence-electron chi connectivity index (χ3n) is 3.74. The van der Waals surface area contributed by atoms with Gasteiger partial charge < -0.3 is 9.87 Å². The van der Waals surface area contributed by atoms with Crippen molar-refractivity contribution in [3.63, 3.8) is 0 Å². The number of hydrogen-bond acceptors (Lipinski definition) is 4. The molecule has 0 saturated heterocycles. The number of anilines is 1. The van der Waals surface area contributed by atoms with Crippen LogP contribution in [0.2, 0.25) is 0 Å². The molecule has 0 aliphatic carbocycles. The number of pyridine rings is 1. The van der Waals surface area contributed by atoms with Crippen LogP contribution in [0.25, 0.3) is 16.8 Å². The molecule has 3 rings (SSSR count). The van der Waals surface area contributed by atoms with Crippen LogP contribution in [0.15, 0.2) is 76.6 Å².